The molecule has 1 heterocycles. The molecular formula is C15H15N3O2S. The highest BCUT2D eigenvalue weighted by Crippen LogP contribution is 2.16. The molecule has 3 aromatic rings. The molecule has 2 N–H and O–H groups in total. The number of aryl methyl sites for hydroxylation is 1. The second-order valence-corrected chi connectivity index (χ2v) is 6.66. The quantitative estimate of drug-likeness (QED) is 0.776. The Morgan fingerprint density at radius 2 is 2.05 bits per heavy atom. The third kappa shape index (κ3) is 2.96. The molecule has 0 aliphatic rings. The normalized spacial score (nSPS) is 11.9. The molecule has 0 aliphatic heterocycles. The van der Waals surface area contributed by atoms with Crippen LogP contribution >= 0.6 is 0 Å². The average molecular weight is 301 g/mol. The van der Waals surface area contributed by atoms with Crippen LogP contribution in [0, 0.1) is 6.92 Å². The predicted molar refractivity (Wildman–Crippen MR) is 81.3 cm³/mol. The second-order valence-electron chi connectivity index (χ2n) is 4.90. The van der Waals surface area contributed by atoms with Gasteiger partial charge in [0.25, 0.3) is 0 Å². The van der Waals surface area contributed by atoms with Crippen molar-refractivity contribution in [2.45, 2.75) is 18.4 Å². The van der Waals surface area contributed by atoms with Gasteiger partial charge < -0.3 is 4.98 Å². The number of nitrogens with zero attached hydrogens (tertiary/aromatic N) is 1. The van der Waals surface area contributed by atoms with Crippen LogP contribution in [0.25, 0.3) is 11.0 Å². The maximum atomic E-state index is 12.3. The molecule has 1 aromatic heterocycles. The molecule has 5 nitrogen and oxygen atoms in total. The number of aromatic nitrogens is 2. The van der Waals surface area contributed by atoms with Gasteiger partial charge in [-0.1, -0.05) is 29.8 Å². The number of H-pyrrole nitrogens is 1. The molecule has 0 fully saturated rings. The number of nitrogens with one attached hydrogen (secondary N) is 2. The maximum Gasteiger partial charge on any atom is 0.240 e. The van der Waals surface area contributed by atoms with Crippen molar-refractivity contribution in [2.24, 2.45) is 0 Å². The third-order valence-corrected chi connectivity index (χ3v) is 4.65. The average Bonchev–Trinajstić information content (AvgIpc) is 2.93. The monoisotopic (exact) mass is 301 g/mol. The lowest BCUT2D eigenvalue weighted by atomic mass is 10.1. The minimum atomic E-state index is -3.54. The fraction of sp³-hybridized carbons (Fsp3) is 0.133. The molecule has 0 saturated carbocycles. The SMILES string of the molecule is Cc1cccc(CNS(=O)(=O)c2ccc3nc[nH]c3c2)c1. The van der Waals surface area contributed by atoms with Crippen LogP contribution in [-0.4, -0.2) is 18.4 Å². The number of aromatic amines is 1. The lowest BCUT2D eigenvalue weighted by Crippen LogP contribution is -2.23. The lowest BCUT2D eigenvalue weighted by molar-refractivity contribution is 0.581. The summed E-state index contributed by atoms with van der Waals surface area (Å²) < 4.78 is 27.2. The molecule has 0 unspecified atom stereocenters. The molecule has 3 rings (SSSR count). The summed E-state index contributed by atoms with van der Waals surface area (Å²) in [4.78, 5) is 7.21. The van der Waals surface area contributed by atoms with Crippen LogP contribution < -0.4 is 4.72 Å². The molecule has 6 heteroatoms. The lowest BCUT2D eigenvalue weighted by Gasteiger charge is -2.07. The summed E-state index contributed by atoms with van der Waals surface area (Å²) in [6.07, 6.45) is 1.54. The van der Waals surface area contributed by atoms with Gasteiger partial charge in [0.1, 0.15) is 0 Å². The van der Waals surface area contributed by atoms with Gasteiger partial charge in [-0.05, 0) is 30.7 Å². The first-order valence-electron chi connectivity index (χ1n) is 6.53. The van der Waals surface area contributed by atoms with E-state index in [4.69, 9.17) is 0 Å². The second kappa shape index (κ2) is 5.31. The molecule has 0 spiro atoms. The van der Waals surface area contributed by atoms with E-state index in [-0.39, 0.29) is 11.4 Å². The Hall–Kier alpha value is -2.18. The van der Waals surface area contributed by atoms with Gasteiger partial charge in [-0.15, -0.1) is 0 Å². The van der Waals surface area contributed by atoms with Gasteiger partial charge in [-0.2, -0.15) is 0 Å². The van der Waals surface area contributed by atoms with E-state index in [1.54, 1.807) is 24.5 Å². The fourth-order valence-electron chi connectivity index (χ4n) is 2.17. The van der Waals surface area contributed by atoms with Crippen LogP contribution in [0.15, 0.2) is 53.7 Å². The van der Waals surface area contributed by atoms with E-state index in [0.717, 1.165) is 16.6 Å². The highest BCUT2D eigenvalue weighted by Gasteiger charge is 2.14. The van der Waals surface area contributed by atoms with Crippen molar-refractivity contribution < 1.29 is 8.42 Å². The van der Waals surface area contributed by atoms with Gasteiger partial charge in [0, 0.05) is 6.54 Å². The zero-order valence-corrected chi connectivity index (χ0v) is 12.3. The zero-order valence-electron chi connectivity index (χ0n) is 11.5. The Kier molecular flexibility index (Phi) is 3.48. The Balaban J connectivity index is 1.83. The zero-order chi connectivity index (χ0) is 14.9. The van der Waals surface area contributed by atoms with Gasteiger partial charge in [-0.25, -0.2) is 18.1 Å². The number of imidazole rings is 1. The summed E-state index contributed by atoms with van der Waals surface area (Å²) in [5.41, 5.74) is 3.48. The van der Waals surface area contributed by atoms with Gasteiger partial charge in [0.15, 0.2) is 0 Å². The van der Waals surface area contributed by atoms with Crippen LogP contribution in [0.5, 0.6) is 0 Å². The van der Waals surface area contributed by atoms with E-state index in [2.05, 4.69) is 14.7 Å². The van der Waals surface area contributed by atoms with Crippen LogP contribution in [0.1, 0.15) is 11.1 Å². The van der Waals surface area contributed by atoms with Crippen LogP contribution in [0.2, 0.25) is 0 Å². The Labute approximate surface area is 123 Å². The first-order chi connectivity index (χ1) is 10.0. The van der Waals surface area contributed by atoms with Crippen molar-refractivity contribution >= 4 is 21.1 Å². The molecule has 21 heavy (non-hydrogen) atoms. The van der Waals surface area contributed by atoms with Crippen LogP contribution in [-0.2, 0) is 16.6 Å². The highest BCUT2D eigenvalue weighted by atomic mass is 32.2. The summed E-state index contributed by atoms with van der Waals surface area (Å²) in [7, 11) is -3.54. The van der Waals surface area contributed by atoms with E-state index in [0.29, 0.717) is 5.52 Å². The highest BCUT2D eigenvalue weighted by molar-refractivity contribution is 7.89. The molecule has 108 valence electrons. The minimum absolute atomic E-state index is 0.229. The van der Waals surface area contributed by atoms with Gasteiger partial charge in [0.2, 0.25) is 10.0 Å². The topological polar surface area (TPSA) is 74.8 Å². The number of benzene rings is 2. The van der Waals surface area contributed by atoms with Gasteiger partial charge >= 0.3 is 0 Å². The largest absolute Gasteiger partial charge is 0.345 e. The predicted octanol–water partition coefficient (Wildman–Crippen LogP) is 2.35. The molecule has 0 atom stereocenters. The molecule has 0 bridgehead atoms. The van der Waals surface area contributed by atoms with Crippen molar-refractivity contribution in [1.29, 1.82) is 0 Å². The molecule has 2 aromatic carbocycles. The molecule has 0 aliphatic carbocycles. The van der Waals surface area contributed by atoms with E-state index >= 15 is 0 Å². The van der Waals surface area contributed by atoms with Crippen molar-refractivity contribution in [2.75, 3.05) is 0 Å². The first-order valence-corrected chi connectivity index (χ1v) is 8.01. The first kappa shape index (κ1) is 13.8. The van der Waals surface area contributed by atoms with Crippen molar-refractivity contribution in [3.8, 4) is 0 Å². The summed E-state index contributed by atoms with van der Waals surface area (Å²) in [6, 6.07) is 12.6. The summed E-state index contributed by atoms with van der Waals surface area (Å²) in [5.74, 6) is 0. The summed E-state index contributed by atoms with van der Waals surface area (Å²) >= 11 is 0. The summed E-state index contributed by atoms with van der Waals surface area (Å²) in [5, 5.41) is 0. The number of sulfonamides is 1. The van der Waals surface area contributed by atoms with Gasteiger partial charge in [-0.3, -0.25) is 0 Å². The van der Waals surface area contributed by atoms with E-state index < -0.39 is 10.0 Å². The van der Waals surface area contributed by atoms with E-state index in [1.807, 2.05) is 31.2 Å². The number of hydrogen-bond acceptors (Lipinski definition) is 3. The summed E-state index contributed by atoms with van der Waals surface area (Å²) in [6.45, 7) is 2.25. The smallest absolute Gasteiger partial charge is 0.240 e. The van der Waals surface area contributed by atoms with Gasteiger partial charge in [0.05, 0.1) is 22.3 Å². The number of rotatable bonds is 4. The third-order valence-electron chi connectivity index (χ3n) is 3.25. The Morgan fingerprint density at radius 3 is 2.86 bits per heavy atom. The Morgan fingerprint density at radius 1 is 1.19 bits per heavy atom. The molecule has 0 saturated heterocycles. The molecular weight excluding hydrogens is 286 g/mol. The van der Waals surface area contributed by atoms with Crippen molar-refractivity contribution in [3.05, 3.63) is 59.9 Å². The minimum Gasteiger partial charge on any atom is -0.345 e. The Bertz CT molecular complexity index is 885. The molecule has 0 radical (unpaired) electrons. The van der Waals surface area contributed by atoms with Crippen LogP contribution in [0.3, 0.4) is 0 Å². The van der Waals surface area contributed by atoms with E-state index in [1.165, 1.54) is 0 Å². The molecule has 0 amide bonds. The van der Waals surface area contributed by atoms with E-state index in [9.17, 15) is 8.42 Å². The fourth-order valence-corrected chi connectivity index (χ4v) is 3.21. The number of hydrogen-bond donors (Lipinski definition) is 2. The number of fused-ring (bicyclic) bond motifs is 1. The van der Waals surface area contributed by atoms with Crippen molar-refractivity contribution in [1.82, 2.24) is 14.7 Å². The van der Waals surface area contributed by atoms with Crippen molar-refractivity contribution in [3.63, 3.8) is 0 Å². The van der Waals surface area contributed by atoms with Crippen LogP contribution in [0.4, 0.5) is 0 Å². The maximum absolute atomic E-state index is 12.3. The standard InChI is InChI=1S/C15H15N3O2S/c1-11-3-2-4-12(7-11)9-18-21(19,20)13-5-6-14-15(8-13)17-10-16-14/h2-8,10,18H,9H2,1H3,(H,16,17).